The van der Waals surface area contributed by atoms with Gasteiger partial charge < -0.3 is 20.3 Å². The molecule has 1 aromatic heterocycles. The number of oxime groups is 1. The minimum absolute atomic E-state index is 0.0882. The Balaban J connectivity index is 2.65. The SMILES string of the molecule is CC(CN(C)C(=O)c1ccc(Br)o1)/C(N)=N/O. The van der Waals surface area contributed by atoms with E-state index >= 15 is 0 Å². The van der Waals surface area contributed by atoms with Crippen molar-refractivity contribution in [3.8, 4) is 0 Å². The Morgan fingerprint density at radius 2 is 2.35 bits per heavy atom. The summed E-state index contributed by atoms with van der Waals surface area (Å²) in [4.78, 5) is 13.3. The Morgan fingerprint density at radius 1 is 1.71 bits per heavy atom. The second kappa shape index (κ2) is 5.72. The summed E-state index contributed by atoms with van der Waals surface area (Å²) >= 11 is 3.13. The summed E-state index contributed by atoms with van der Waals surface area (Å²) in [6.45, 7) is 2.10. The van der Waals surface area contributed by atoms with E-state index in [9.17, 15) is 4.79 Å². The van der Waals surface area contributed by atoms with Crippen LogP contribution < -0.4 is 5.73 Å². The van der Waals surface area contributed by atoms with Gasteiger partial charge >= 0.3 is 0 Å². The molecular formula is C10H14BrN3O3. The Bertz CT molecular complexity index is 430. The van der Waals surface area contributed by atoms with Crippen LogP contribution in [0.15, 0.2) is 26.4 Å². The fourth-order valence-electron chi connectivity index (χ4n) is 1.30. The molecule has 0 saturated heterocycles. The average Bonchev–Trinajstić information content (AvgIpc) is 2.73. The number of amidine groups is 1. The fourth-order valence-corrected chi connectivity index (χ4v) is 1.61. The topological polar surface area (TPSA) is 92.1 Å². The van der Waals surface area contributed by atoms with Crippen molar-refractivity contribution in [3.63, 3.8) is 0 Å². The van der Waals surface area contributed by atoms with E-state index in [-0.39, 0.29) is 23.4 Å². The lowest BCUT2D eigenvalue weighted by molar-refractivity contribution is 0.0753. The summed E-state index contributed by atoms with van der Waals surface area (Å²) in [7, 11) is 1.62. The van der Waals surface area contributed by atoms with E-state index in [4.69, 9.17) is 15.4 Å². The Hall–Kier alpha value is -1.50. The molecule has 0 saturated carbocycles. The lowest BCUT2D eigenvalue weighted by atomic mass is 10.1. The number of nitrogens with two attached hydrogens (primary N) is 1. The highest BCUT2D eigenvalue weighted by atomic mass is 79.9. The first-order chi connectivity index (χ1) is 7.95. The summed E-state index contributed by atoms with van der Waals surface area (Å²) < 4.78 is 5.65. The van der Waals surface area contributed by atoms with Crippen LogP contribution in [0.3, 0.4) is 0 Å². The second-order valence-electron chi connectivity index (χ2n) is 3.72. The maximum absolute atomic E-state index is 11.9. The Kier molecular flexibility index (Phi) is 4.56. The van der Waals surface area contributed by atoms with Crippen molar-refractivity contribution in [2.24, 2.45) is 16.8 Å². The van der Waals surface area contributed by atoms with Crippen LogP contribution in [0, 0.1) is 5.92 Å². The molecule has 1 aromatic rings. The predicted molar refractivity (Wildman–Crippen MR) is 65.9 cm³/mol. The number of furan rings is 1. The van der Waals surface area contributed by atoms with Gasteiger partial charge in [0.2, 0.25) is 0 Å². The summed E-state index contributed by atoms with van der Waals surface area (Å²) in [5.41, 5.74) is 5.44. The average molecular weight is 304 g/mol. The largest absolute Gasteiger partial charge is 0.444 e. The zero-order valence-corrected chi connectivity index (χ0v) is 11.1. The highest BCUT2D eigenvalue weighted by molar-refractivity contribution is 9.10. The van der Waals surface area contributed by atoms with Gasteiger partial charge in [-0.15, -0.1) is 0 Å². The van der Waals surface area contributed by atoms with Gasteiger partial charge in [0.1, 0.15) is 5.84 Å². The van der Waals surface area contributed by atoms with E-state index in [1.165, 1.54) is 4.90 Å². The normalized spacial score (nSPS) is 13.5. The molecule has 7 heteroatoms. The third kappa shape index (κ3) is 3.48. The van der Waals surface area contributed by atoms with E-state index in [1.807, 2.05) is 0 Å². The first kappa shape index (κ1) is 13.6. The maximum Gasteiger partial charge on any atom is 0.289 e. The van der Waals surface area contributed by atoms with Crippen LogP contribution in [0.1, 0.15) is 17.5 Å². The Labute approximate surface area is 107 Å². The molecule has 0 aliphatic rings. The van der Waals surface area contributed by atoms with Gasteiger partial charge in [0.15, 0.2) is 10.4 Å². The molecule has 0 radical (unpaired) electrons. The predicted octanol–water partition coefficient (Wildman–Crippen LogP) is 1.50. The summed E-state index contributed by atoms with van der Waals surface area (Å²) in [6, 6.07) is 3.23. The molecule has 3 N–H and O–H groups in total. The standard InChI is InChI=1S/C10H14BrN3O3/c1-6(9(12)13-16)5-14(2)10(15)7-3-4-8(11)17-7/h3-4,6,16H,5H2,1-2H3,(H2,12,13). The molecule has 1 atom stereocenters. The molecule has 0 aliphatic carbocycles. The van der Waals surface area contributed by atoms with Crippen LogP contribution in [0.4, 0.5) is 0 Å². The zero-order valence-electron chi connectivity index (χ0n) is 9.55. The molecule has 94 valence electrons. The van der Waals surface area contributed by atoms with Crippen molar-refractivity contribution in [1.29, 1.82) is 0 Å². The first-order valence-electron chi connectivity index (χ1n) is 4.94. The number of amides is 1. The maximum atomic E-state index is 11.9. The minimum Gasteiger partial charge on any atom is -0.444 e. The number of carbonyl (C=O) groups is 1. The summed E-state index contributed by atoms with van der Waals surface area (Å²) in [5, 5.41) is 11.4. The van der Waals surface area contributed by atoms with Crippen LogP contribution in [-0.2, 0) is 0 Å². The molecule has 0 fully saturated rings. The highest BCUT2D eigenvalue weighted by Crippen LogP contribution is 2.15. The second-order valence-corrected chi connectivity index (χ2v) is 4.50. The van der Waals surface area contributed by atoms with Crippen molar-refractivity contribution < 1.29 is 14.4 Å². The molecule has 1 rings (SSSR count). The number of hydrogen-bond acceptors (Lipinski definition) is 4. The molecule has 0 bridgehead atoms. The third-order valence-corrected chi connectivity index (χ3v) is 2.72. The first-order valence-corrected chi connectivity index (χ1v) is 5.73. The molecule has 1 unspecified atom stereocenters. The van der Waals surface area contributed by atoms with Crippen LogP contribution in [0.25, 0.3) is 0 Å². The van der Waals surface area contributed by atoms with Crippen LogP contribution in [0.2, 0.25) is 0 Å². The third-order valence-electron chi connectivity index (χ3n) is 2.30. The fraction of sp³-hybridized carbons (Fsp3) is 0.400. The zero-order chi connectivity index (χ0) is 13.0. The van der Waals surface area contributed by atoms with Crippen LogP contribution in [0.5, 0.6) is 0 Å². The molecule has 0 aliphatic heterocycles. The monoisotopic (exact) mass is 303 g/mol. The van der Waals surface area contributed by atoms with Crippen molar-refractivity contribution in [3.05, 3.63) is 22.6 Å². The van der Waals surface area contributed by atoms with Crippen LogP contribution in [-0.4, -0.2) is 35.4 Å². The molecule has 6 nitrogen and oxygen atoms in total. The van der Waals surface area contributed by atoms with E-state index in [1.54, 1.807) is 26.1 Å². The smallest absolute Gasteiger partial charge is 0.289 e. The minimum atomic E-state index is -0.256. The molecule has 0 aromatic carbocycles. The van der Waals surface area contributed by atoms with Gasteiger partial charge in [-0.05, 0) is 28.1 Å². The van der Waals surface area contributed by atoms with Crippen molar-refractivity contribution >= 4 is 27.7 Å². The van der Waals surface area contributed by atoms with Crippen LogP contribution >= 0.6 is 15.9 Å². The van der Waals surface area contributed by atoms with Gasteiger partial charge in [0.05, 0.1) is 0 Å². The van der Waals surface area contributed by atoms with Crippen molar-refractivity contribution in [2.75, 3.05) is 13.6 Å². The molecule has 17 heavy (non-hydrogen) atoms. The molecule has 1 heterocycles. The van der Waals surface area contributed by atoms with Crippen molar-refractivity contribution in [2.45, 2.75) is 6.92 Å². The van der Waals surface area contributed by atoms with E-state index in [0.717, 1.165) is 0 Å². The lowest BCUT2D eigenvalue weighted by Gasteiger charge is -2.19. The number of nitrogens with zero attached hydrogens (tertiary/aromatic N) is 2. The number of hydrogen-bond donors (Lipinski definition) is 2. The summed E-state index contributed by atoms with van der Waals surface area (Å²) in [5.74, 6) is -0.156. The van der Waals surface area contributed by atoms with E-state index < -0.39 is 0 Å². The lowest BCUT2D eigenvalue weighted by Crippen LogP contribution is -2.36. The van der Waals surface area contributed by atoms with Gasteiger partial charge in [-0.25, -0.2) is 0 Å². The summed E-state index contributed by atoms with van der Waals surface area (Å²) in [6.07, 6.45) is 0. The Morgan fingerprint density at radius 3 is 2.82 bits per heavy atom. The number of carbonyl (C=O) groups excluding carboxylic acids is 1. The van der Waals surface area contributed by atoms with E-state index in [0.29, 0.717) is 11.2 Å². The van der Waals surface area contributed by atoms with E-state index in [2.05, 4.69) is 21.1 Å². The van der Waals surface area contributed by atoms with Gasteiger partial charge in [-0.2, -0.15) is 0 Å². The number of rotatable bonds is 4. The van der Waals surface area contributed by atoms with Gasteiger partial charge in [-0.1, -0.05) is 12.1 Å². The van der Waals surface area contributed by atoms with Crippen molar-refractivity contribution in [1.82, 2.24) is 4.90 Å². The van der Waals surface area contributed by atoms with Gasteiger partial charge in [0.25, 0.3) is 5.91 Å². The van der Waals surface area contributed by atoms with Gasteiger partial charge in [0, 0.05) is 19.5 Å². The molecular weight excluding hydrogens is 290 g/mol. The molecule has 0 spiro atoms. The van der Waals surface area contributed by atoms with Gasteiger partial charge in [-0.3, -0.25) is 4.79 Å². The quantitative estimate of drug-likeness (QED) is 0.381. The highest BCUT2D eigenvalue weighted by Gasteiger charge is 2.19. The number of halogens is 1. The molecule has 1 amide bonds.